The molecular formula is C21H18ClF3N2OS. The van der Waals surface area contributed by atoms with Crippen molar-refractivity contribution in [2.24, 2.45) is 0 Å². The van der Waals surface area contributed by atoms with Crippen LogP contribution in [-0.2, 0) is 18.3 Å². The highest BCUT2D eigenvalue weighted by atomic mass is 35.5. The number of nitrogens with zero attached hydrogens (tertiary/aromatic N) is 2. The zero-order valence-electron chi connectivity index (χ0n) is 15.8. The van der Waals surface area contributed by atoms with Crippen molar-refractivity contribution in [2.45, 2.75) is 37.4 Å². The fourth-order valence-electron chi connectivity index (χ4n) is 2.49. The summed E-state index contributed by atoms with van der Waals surface area (Å²) in [4.78, 5) is 8.89. The highest BCUT2D eigenvalue weighted by Crippen LogP contribution is 2.31. The highest BCUT2D eigenvalue weighted by Gasteiger charge is 2.29. The van der Waals surface area contributed by atoms with Crippen molar-refractivity contribution in [1.29, 1.82) is 0 Å². The van der Waals surface area contributed by atoms with Crippen molar-refractivity contribution in [3.63, 3.8) is 0 Å². The first-order chi connectivity index (χ1) is 13.7. The van der Waals surface area contributed by atoms with E-state index in [0.717, 1.165) is 29.0 Å². The maximum atomic E-state index is 12.7. The molecule has 0 bridgehead atoms. The molecule has 0 radical (unpaired) electrons. The van der Waals surface area contributed by atoms with Gasteiger partial charge in [-0.2, -0.15) is 18.2 Å². The Labute approximate surface area is 176 Å². The molecule has 0 unspecified atom stereocenters. The van der Waals surface area contributed by atoms with E-state index < -0.39 is 11.7 Å². The van der Waals surface area contributed by atoms with Crippen molar-refractivity contribution < 1.29 is 17.9 Å². The molecule has 0 aliphatic rings. The Morgan fingerprint density at radius 3 is 2.38 bits per heavy atom. The minimum absolute atomic E-state index is 0.411. The number of aryl methyl sites for hydroxylation is 2. The summed E-state index contributed by atoms with van der Waals surface area (Å²) in [5, 5.41) is 1.16. The molecule has 1 heterocycles. The Morgan fingerprint density at radius 2 is 1.76 bits per heavy atom. The Hall–Kier alpha value is -2.25. The largest absolute Gasteiger partial charge is 0.439 e. The van der Waals surface area contributed by atoms with Crippen LogP contribution >= 0.6 is 23.4 Å². The number of hydrogen-bond donors (Lipinski definition) is 0. The molecule has 8 heteroatoms. The van der Waals surface area contributed by atoms with Crippen LogP contribution in [0.5, 0.6) is 11.6 Å². The number of alkyl halides is 3. The van der Waals surface area contributed by atoms with Gasteiger partial charge in [0.15, 0.2) is 5.16 Å². The highest BCUT2D eigenvalue weighted by molar-refractivity contribution is 7.98. The van der Waals surface area contributed by atoms with Crippen LogP contribution in [0.3, 0.4) is 0 Å². The summed E-state index contributed by atoms with van der Waals surface area (Å²) in [5.74, 6) is 1.48. The molecule has 1 aromatic heterocycles. The molecular weight excluding hydrogens is 421 g/mol. The number of hydrogen-bond acceptors (Lipinski definition) is 4. The second-order valence-electron chi connectivity index (χ2n) is 6.33. The molecule has 3 aromatic rings. The fourth-order valence-corrected chi connectivity index (χ4v) is 3.43. The minimum Gasteiger partial charge on any atom is -0.439 e. The van der Waals surface area contributed by atoms with E-state index >= 15 is 0 Å². The molecule has 0 amide bonds. The van der Waals surface area contributed by atoms with Crippen LogP contribution in [0, 0.1) is 6.92 Å². The lowest BCUT2D eigenvalue weighted by Crippen LogP contribution is -2.04. The molecule has 0 saturated heterocycles. The van der Waals surface area contributed by atoms with Crippen LogP contribution in [0.4, 0.5) is 13.2 Å². The summed E-state index contributed by atoms with van der Waals surface area (Å²) >= 11 is 7.39. The predicted octanol–water partition coefficient (Wildman–Crippen LogP) is 7.10. The first kappa shape index (κ1) is 21.5. The maximum absolute atomic E-state index is 12.7. The number of aromatic nitrogens is 2. The van der Waals surface area contributed by atoms with Gasteiger partial charge in [-0.15, -0.1) is 0 Å². The van der Waals surface area contributed by atoms with E-state index in [4.69, 9.17) is 16.3 Å². The van der Waals surface area contributed by atoms with E-state index in [9.17, 15) is 13.2 Å². The van der Waals surface area contributed by atoms with Gasteiger partial charge in [0.25, 0.3) is 0 Å². The standard InChI is InChI=1S/C21H18ClF3N2OS/c1-3-16-11-19(28-17-8-9-18(22)13(2)10-17)27-20(26-16)29-12-14-4-6-15(7-5-14)21(23,24)25/h4-11H,3,12H2,1-2H3. The SMILES string of the molecule is CCc1cc(Oc2ccc(Cl)c(C)c2)nc(SCc2ccc(C(F)(F)F)cc2)n1. The average molecular weight is 439 g/mol. The third-order valence-corrected chi connectivity index (χ3v) is 5.44. The summed E-state index contributed by atoms with van der Waals surface area (Å²) < 4.78 is 43.9. The minimum atomic E-state index is -4.34. The lowest BCUT2D eigenvalue weighted by atomic mass is 10.1. The average Bonchev–Trinajstić information content (AvgIpc) is 2.68. The third kappa shape index (κ3) is 5.87. The van der Waals surface area contributed by atoms with Crippen LogP contribution in [0.25, 0.3) is 0 Å². The Kier molecular flexibility index (Phi) is 6.70. The molecule has 0 saturated carbocycles. The van der Waals surface area contributed by atoms with Crippen molar-refractivity contribution in [3.8, 4) is 11.6 Å². The maximum Gasteiger partial charge on any atom is 0.416 e. The van der Waals surface area contributed by atoms with Crippen LogP contribution in [-0.4, -0.2) is 9.97 Å². The van der Waals surface area contributed by atoms with Gasteiger partial charge in [0.05, 0.1) is 5.56 Å². The third-order valence-electron chi connectivity index (χ3n) is 4.10. The van der Waals surface area contributed by atoms with Gasteiger partial charge >= 0.3 is 6.18 Å². The summed E-state index contributed by atoms with van der Waals surface area (Å²) in [6, 6.07) is 12.2. The van der Waals surface area contributed by atoms with E-state index in [1.165, 1.54) is 23.9 Å². The van der Waals surface area contributed by atoms with Gasteiger partial charge in [0, 0.05) is 22.5 Å². The lowest BCUT2D eigenvalue weighted by Gasteiger charge is -2.10. The van der Waals surface area contributed by atoms with Crippen LogP contribution in [0.2, 0.25) is 5.02 Å². The molecule has 0 spiro atoms. The smallest absolute Gasteiger partial charge is 0.416 e. The number of thioether (sulfide) groups is 1. The second-order valence-corrected chi connectivity index (χ2v) is 7.68. The molecule has 0 aliphatic carbocycles. The van der Waals surface area contributed by atoms with E-state index in [-0.39, 0.29) is 0 Å². The van der Waals surface area contributed by atoms with Gasteiger partial charge in [-0.3, -0.25) is 0 Å². The summed E-state index contributed by atoms with van der Waals surface area (Å²) in [5.41, 5.74) is 1.80. The Balaban J connectivity index is 1.73. The van der Waals surface area contributed by atoms with Gasteiger partial charge in [-0.05, 0) is 54.8 Å². The van der Waals surface area contributed by atoms with Crippen molar-refractivity contribution >= 4 is 23.4 Å². The zero-order valence-corrected chi connectivity index (χ0v) is 17.3. The normalized spacial score (nSPS) is 11.5. The Bertz CT molecular complexity index is 994. The van der Waals surface area contributed by atoms with Gasteiger partial charge in [-0.1, -0.05) is 42.4 Å². The van der Waals surface area contributed by atoms with E-state index in [1.54, 1.807) is 18.2 Å². The lowest BCUT2D eigenvalue weighted by molar-refractivity contribution is -0.137. The molecule has 3 nitrogen and oxygen atoms in total. The van der Waals surface area contributed by atoms with Crippen LogP contribution < -0.4 is 4.74 Å². The summed E-state index contributed by atoms with van der Waals surface area (Å²) in [7, 11) is 0. The topological polar surface area (TPSA) is 35.0 Å². The molecule has 0 fully saturated rings. The second kappa shape index (κ2) is 9.05. The molecule has 152 valence electrons. The van der Waals surface area contributed by atoms with Crippen molar-refractivity contribution in [1.82, 2.24) is 9.97 Å². The molecule has 0 atom stereocenters. The predicted molar refractivity (Wildman–Crippen MR) is 109 cm³/mol. The van der Waals surface area contributed by atoms with Gasteiger partial charge in [0.2, 0.25) is 5.88 Å². The van der Waals surface area contributed by atoms with E-state index in [0.29, 0.717) is 34.0 Å². The monoisotopic (exact) mass is 438 g/mol. The number of benzene rings is 2. The number of halogens is 4. The molecule has 3 rings (SSSR count). The Morgan fingerprint density at radius 1 is 1.03 bits per heavy atom. The fraction of sp³-hybridized carbons (Fsp3) is 0.238. The first-order valence-electron chi connectivity index (χ1n) is 8.85. The van der Waals surface area contributed by atoms with Crippen LogP contribution in [0.1, 0.15) is 29.3 Å². The van der Waals surface area contributed by atoms with Crippen molar-refractivity contribution in [2.75, 3.05) is 0 Å². The van der Waals surface area contributed by atoms with Crippen LogP contribution in [0.15, 0.2) is 53.7 Å². The van der Waals surface area contributed by atoms with Gasteiger partial charge in [-0.25, -0.2) is 4.98 Å². The molecule has 0 N–H and O–H groups in total. The molecule has 29 heavy (non-hydrogen) atoms. The summed E-state index contributed by atoms with van der Waals surface area (Å²) in [6.07, 6.45) is -3.64. The van der Waals surface area contributed by atoms with Crippen molar-refractivity contribution in [3.05, 3.63) is 75.9 Å². The molecule has 0 aliphatic heterocycles. The first-order valence-corrected chi connectivity index (χ1v) is 10.2. The van der Waals surface area contributed by atoms with E-state index in [1.807, 2.05) is 19.9 Å². The molecule has 2 aromatic carbocycles. The van der Waals surface area contributed by atoms with E-state index in [2.05, 4.69) is 9.97 Å². The van der Waals surface area contributed by atoms with Gasteiger partial charge < -0.3 is 4.74 Å². The number of rotatable bonds is 6. The zero-order chi connectivity index (χ0) is 21.0. The van der Waals surface area contributed by atoms with Gasteiger partial charge in [0.1, 0.15) is 5.75 Å². The number of ether oxygens (including phenoxy) is 1. The quantitative estimate of drug-likeness (QED) is 0.303. The summed E-state index contributed by atoms with van der Waals surface area (Å²) in [6.45, 7) is 3.86.